The molecule has 0 spiro atoms. The lowest BCUT2D eigenvalue weighted by atomic mass is 10.1. The van der Waals surface area contributed by atoms with Crippen LogP contribution in [0.1, 0.15) is 16.2 Å². The highest BCUT2D eigenvalue weighted by Crippen LogP contribution is 2.27. The van der Waals surface area contributed by atoms with E-state index in [-0.39, 0.29) is 5.69 Å². The molecule has 0 aliphatic rings. The second kappa shape index (κ2) is 5.45. The number of nitrogens with zero attached hydrogens (tertiary/aromatic N) is 4. The Balaban J connectivity index is 2.15. The van der Waals surface area contributed by atoms with Gasteiger partial charge in [0.2, 0.25) is 5.13 Å². The van der Waals surface area contributed by atoms with Crippen LogP contribution in [0.2, 0.25) is 0 Å². The van der Waals surface area contributed by atoms with E-state index in [2.05, 4.69) is 15.3 Å². The summed E-state index contributed by atoms with van der Waals surface area (Å²) in [6.45, 7) is 1.91. The lowest BCUT2D eigenvalue weighted by Crippen LogP contribution is -1.99. The number of ether oxygens (including phenoxy) is 1. The molecule has 7 heteroatoms. The van der Waals surface area contributed by atoms with E-state index in [9.17, 15) is 4.79 Å². The normalized spacial score (nSPS) is 10.6. The van der Waals surface area contributed by atoms with Gasteiger partial charge < -0.3 is 4.74 Å². The maximum atomic E-state index is 11.2. The number of methoxy groups -OCH3 is 1. The van der Waals surface area contributed by atoms with E-state index >= 15 is 0 Å². The van der Waals surface area contributed by atoms with E-state index in [0.29, 0.717) is 17.1 Å². The first-order valence-electron chi connectivity index (χ1n) is 6.20. The fourth-order valence-corrected chi connectivity index (χ4v) is 2.72. The maximum Gasteiger partial charge on any atom is 0.212 e. The molecule has 106 valence electrons. The van der Waals surface area contributed by atoms with Gasteiger partial charge in [-0.05, 0) is 31.2 Å². The standard InChI is InChI=1S/C14H12N4O2S/c1-9-8-21-14(15-9)18-13(12(7-19)16-17-18)10-3-5-11(20-2)6-4-10/h3-8H,1-2H3. The zero-order valence-electron chi connectivity index (χ0n) is 11.5. The fraction of sp³-hybridized carbons (Fsp3) is 0.143. The van der Waals surface area contributed by atoms with Gasteiger partial charge in [-0.25, -0.2) is 4.98 Å². The molecule has 0 radical (unpaired) electrons. The summed E-state index contributed by atoms with van der Waals surface area (Å²) in [6.07, 6.45) is 0.698. The highest BCUT2D eigenvalue weighted by Gasteiger charge is 2.17. The van der Waals surface area contributed by atoms with Gasteiger partial charge in [0.1, 0.15) is 11.4 Å². The smallest absolute Gasteiger partial charge is 0.212 e. The fourth-order valence-electron chi connectivity index (χ4n) is 1.96. The minimum absolute atomic E-state index is 0.285. The van der Waals surface area contributed by atoms with Crippen molar-refractivity contribution in [2.45, 2.75) is 6.92 Å². The molecule has 0 saturated heterocycles. The summed E-state index contributed by atoms with van der Waals surface area (Å²) >= 11 is 1.45. The van der Waals surface area contributed by atoms with Gasteiger partial charge in [0, 0.05) is 10.9 Å². The van der Waals surface area contributed by atoms with Gasteiger partial charge in [-0.1, -0.05) is 5.21 Å². The van der Waals surface area contributed by atoms with Crippen LogP contribution in [-0.4, -0.2) is 33.4 Å². The summed E-state index contributed by atoms with van der Waals surface area (Å²) < 4.78 is 6.73. The van der Waals surface area contributed by atoms with Gasteiger partial charge in [0.15, 0.2) is 12.0 Å². The van der Waals surface area contributed by atoms with Crippen molar-refractivity contribution in [1.29, 1.82) is 0 Å². The molecule has 3 rings (SSSR count). The number of rotatable bonds is 4. The third-order valence-electron chi connectivity index (χ3n) is 2.96. The molecule has 0 fully saturated rings. The molecule has 21 heavy (non-hydrogen) atoms. The van der Waals surface area contributed by atoms with Crippen LogP contribution in [0.5, 0.6) is 5.75 Å². The molecule has 0 amide bonds. The first-order valence-corrected chi connectivity index (χ1v) is 7.08. The van der Waals surface area contributed by atoms with Gasteiger partial charge in [0.25, 0.3) is 0 Å². The molecule has 0 N–H and O–H groups in total. The van der Waals surface area contributed by atoms with Crippen LogP contribution < -0.4 is 4.74 Å². The van der Waals surface area contributed by atoms with Crippen LogP contribution in [0.4, 0.5) is 0 Å². The SMILES string of the molecule is COc1ccc(-c2c(C=O)nnn2-c2nc(C)cs2)cc1. The zero-order valence-corrected chi connectivity index (χ0v) is 12.3. The quantitative estimate of drug-likeness (QED) is 0.692. The van der Waals surface area contributed by atoms with E-state index in [4.69, 9.17) is 4.74 Å². The number of benzene rings is 1. The van der Waals surface area contributed by atoms with Crippen LogP contribution in [0.25, 0.3) is 16.4 Å². The lowest BCUT2D eigenvalue weighted by Gasteiger charge is -2.05. The minimum Gasteiger partial charge on any atom is -0.497 e. The summed E-state index contributed by atoms with van der Waals surface area (Å²) in [5, 5.41) is 10.6. The number of hydrogen-bond donors (Lipinski definition) is 0. The Morgan fingerprint density at radius 2 is 2.05 bits per heavy atom. The van der Waals surface area contributed by atoms with E-state index in [1.54, 1.807) is 11.8 Å². The number of aromatic nitrogens is 4. The molecule has 0 saturated carbocycles. The lowest BCUT2D eigenvalue weighted by molar-refractivity contribution is 0.111. The van der Waals surface area contributed by atoms with Gasteiger partial charge in [-0.3, -0.25) is 4.79 Å². The molecule has 0 aliphatic carbocycles. The summed E-state index contributed by atoms with van der Waals surface area (Å²) in [5.41, 5.74) is 2.64. The van der Waals surface area contributed by atoms with Crippen molar-refractivity contribution in [1.82, 2.24) is 20.0 Å². The first kappa shape index (κ1) is 13.4. The van der Waals surface area contributed by atoms with E-state index in [0.717, 1.165) is 17.0 Å². The van der Waals surface area contributed by atoms with Crippen molar-refractivity contribution < 1.29 is 9.53 Å². The van der Waals surface area contributed by atoms with Crippen LogP contribution in [0.15, 0.2) is 29.6 Å². The van der Waals surface area contributed by atoms with Gasteiger partial charge in [-0.2, -0.15) is 4.68 Å². The van der Waals surface area contributed by atoms with Crippen molar-refractivity contribution in [3.63, 3.8) is 0 Å². The van der Waals surface area contributed by atoms with Gasteiger partial charge >= 0.3 is 0 Å². The Labute approximate surface area is 125 Å². The highest BCUT2D eigenvalue weighted by molar-refractivity contribution is 7.12. The summed E-state index contributed by atoms with van der Waals surface area (Å²) in [7, 11) is 1.61. The second-order valence-corrected chi connectivity index (χ2v) is 5.19. The Hall–Kier alpha value is -2.54. The third kappa shape index (κ3) is 2.43. The number of hydrogen-bond acceptors (Lipinski definition) is 6. The highest BCUT2D eigenvalue weighted by atomic mass is 32.1. The predicted octanol–water partition coefficient (Wildman–Crippen LogP) is 2.52. The van der Waals surface area contributed by atoms with Crippen LogP contribution in [0, 0.1) is 6.92 Å². The summed E-state index contributed by atoms with van der Waals surface area (Å²) in [6, 6.07) is 7.38. The molecule has 0 atom stereocenters. The van der Waals surface area contributed by atoms with E-state index < -0.39 is 0 Å². The topological polar surface area (TPSA) is 69.9 Å². The van der Waals surface area contributed by atoms with E-state index in [1.165, 1.54) is 11.3 Å². The van der Waals surface area contributed by atoms with Crippen LogP contribution in [-0.2, 0) is 0 Å². The molecule has 0 unspecified atom stereocenters. The molecular formula is C14H12N4O2S. The van der Waals surface area contributed by atoms with Crippen LogP contribution in [0.3, 0.4) is 0 Å². The van der Waals surface area contributed by atoms with Gasteiger partial charge in [0.05, 0.1) is 12.8 Å². The van der Waals surface area contributed by atoms with Crippen molar-refractivity contribution in [3.8, 4) is 22.1 Å². The zero-order chi connectivity index (χ0) is 14.8. The Morgan fingerprint density at radius 3 is 2.62 bits per heavy atom. The number of carbonyl (C=O) groups is 1. The molecule has 0 bridgehead atoms. The average molecular weight is 300 g/mol. The Morgan fingerprint density at radius 1 is 1.29 bits per heavy atom. The molecule has 2 heterocycles. The Bertz CT molecular complexity index is 777. The number of aryl methyl sites for hydroxylation is 1. The van der Waals surface area contributed by atoms with Crippen molar-refractivity contribution in [2.24, 2.45) is 0 Å². The van der Waals surface area contributed by atoms with Gasteiger partial charge in [-0.15, -0.1) is 16.4 Å². The van der Waals surface area contributed by atoms with E-state index in [1.807, 2.05) is 36.6 Å². The second-order valence-electron chi connectivity index (χ2n) is 4.35. The molecule has 3 aromatic rings. The van der Waals surface area contributed by atoms with Crippen LogP contribution >= 0.6 is 11.3 Å². The number of aldehydes is 1. The third-order valence-corrected chi connectivity index (χ3v) is 3.89. The largest absolute Gasteiger partial charge is 0.497 e. The minimum atomic E-state index is 0.285. The maximum absolute atomic E-state index is 11.2. The predicted molar refractivity (Wildman–Crippen MR) is 79.1 cm³/mol. The number of carbonyl (C=O) groups excluding carboxylic acids is 1. The average Bonchev–Trinajstić information content (AvgIpc) is 3.13. The molecule has 0 aliphatic heterocycles. The number of thiazole rings is 1. The van der Waals surface area contributed by atoms with Crippen molar-refractivity contribution in [2.75, 3.05) is 7.11 Å². The summed E-state index contributed by atoms with van der Waals surface area (Å²) in [4.78, 5) is 15.6. The summed E-state index contributed by atoms with van der Waals surface area (Å²) in [5.74, 6) is 0.746. The molecular weight excluding hydrogens is 288 g/mol. The first-order chi connectivity index (χ1) is 10.2. The molecule has 1 aromatic carbocycles. The molecule has 6 nitrogen and oxygen atoms in total. The monoisotopic (exact) mass is 300 g/mol. The molecule has 2 aromatic heterocycles. The van der Waals surface area contributed by atoms with Crippen molar-refractivity contribution in [3.05, 3.63) is 41.0 Å². The Kier molecular flexibility index (Phi) is 3.49. The van der Waals surface area contributed by atoms with Crippen molar-refractivity contribution >= 4 is 17.6 Å².